The summed E-state index contributed by atoms with van der Waals surface area (Å²) >= 11 is 0. The number of ether oxygens (including phenoxy) is 1. The van der Waals surface area contributed by atoms with E-state index >= 15 is 0 Å². The lowest BCUT2D eigenvalue weighted by molar-refractivity contribution is 0.196. The predicted octanol–water partition coefficient (Wildman–Crippen LogP) is 1.93. The van der Waals surface area contributed by atoms with Crippen LogP contribution in [-0.4, -0.2) is 16.8 Å². The van der Waals surface area contributed by atoms with Gasteiger partial charge in [-0.25, -0.2) is 4.39 Å². The SMILES string of the molecule is CCOCS(=O)c1ccc(F)cc1. The Morgan fingerprint density at radius 2 is 2.00 bits per heavy atom. The van der Waals surface area contributed by atoms with E-state index in [0.717, 1.165) is 0 Å². The first-order valence-electron chi connectivity index (χ1n) is 3.95. The third-order valence-electron chi connectivity index (χ3n) is 1.47. The van der Waals surface area contributed by atoms with Gasteiger partial charge in [0.15, 0.2) is 0 Å². The summed E-state index contributed by atoms with van der Waals surface area (Å²) in [5.74, 6) is -0.153. The van der Waals surface area contributed by atoms with Gasteiger partial charge < -0.3 is 4.74 Å². The van der Waals surface area contributed by atoms with Crippen molar-refractivity contribution in [2.75, 3.05) is 12.5 Å². The number of rotatable bonds is 4. The summed E-state index contributed by atoms with van der Waals surface area (Å²) < 4.78 is 28.8. The third-order valence-corrected chi connectivity index (χ3v) is 2.65. The first-order chi connectivity index (χ1) is 6.24. The fraction of sp³-hybridized carbons (Fsp3) is 0.333. The first kappa shape index (κ1) is 10.3. The maximum absolute atomic E-state index is 12.5. The Hall–Kier alpha value is -0.740. The summed E-state index contributed by atoms with van der Waals surface area (Å²) in [6.07, 6.45) is 0. The van der Waals surface area contributed by atoms with Crippen LogP contribution in [0.3, 0.4) is 0 Å². The molecule has 1 aromatic rings. The van der Waals surface area contributed by atoms with Crippen LogP contribution in [0.25, 0.3) is 0 Å². The highest BCUT2D eigenvalue weighted by Crippen LogP contribution is 2.07. The molecule has 0 saturated heterocycles. The highest BCUT2D eigenvalue weighted by atomic mass is 32.2. The molecule has 0 spiro atoms. The molecule has 72 valence electrons. The van der Waals surface area contributed by atoms with Crippen LogP contribution in [0.1, 0.15) is 6.92 Å². The van der Waals surface area contributed by atoms with Crippen molar-refractivity contribution in [3.8, 4) is 0 Å². The topological polar surface area (TPSA) is 26.3 Å². The van der Waals surface area contributed by atoms with Crippen LogP contribution in [0.5, 0.6) is 0 Å². The molecule has 1 unspecified atom stereocenters. The molecule has 0 aromatic heterocycles. The maximum atomic E-state index is 12.5. The second-order valence-electron chi connectivity index (χ2n) is 2.41. The Morgan fingerprint density at radius 3 is 2.54 bits per heavy atom. The number of benzene rings is 1. The van der Waals surface area contributed by atoms with Crippen molar-refractivity contribution in [1.82, 2.24) is 0 Å². The largest absolute Gasteiger partial charge is 0.368 e. The van der Waals surface area contributed by atoms with E-state index in [1.165, 1.54) is 24.3 Å². The van der Waals surface area contributed by atoms with Crippen LogP contribution >= 0.6 is 0 Å². The van der Waals surface area contributed by atoms with Gasteiger partial charge in [0.05, 0.1) is 10.8 Å². The van der Waals surface area contributed by atoms with E-state index in [-0.39, 0.29) is 11.8 Å². The van der Waals surface area contributed by atoms with Crippen molar-refractivity contribution in [3.63, 3.8) is 0 Å². The lowest BCUT2D eigenvalue weighted by atomic mass is 10.4. The Kier molecular flexibility index (Phi) is 4.05. The molecule has 0 N–H and O–H groups in total. The van der Waals surface area contributed by atoms with Crippen LogP contribution in [0, 0.1) is 5.82 Å². The number of hydrogen-bond donors (Lipinski definition) is 0. The summed E-state index contributed by atoms with van der Waals surface area (Å²) in [4.78, 5) is 0.592. The second kappa shape index (κ2) is 5.09. The zero-order chi connectivity index (χ0) is 9.68. The van der Waals surface area contributed by atoms with Gasteiger partial charge in [-0.2, -0.15) is 0 Å². The third kappa shape index (κ3) is 3.24. The normalized spacial score (nSPS) is 12.8. The highest BCUT2D eigenvalue weighted by molar-refractivity contribution is 7.84. The van der Waals surface area contributed by atoms with E-state index in [0.29, 0.717) is 11.5 Å². The van der Waals surface area contributed by atoms with E-state index in [4.69, 9.17) is 4.74 Å². The summed E-state index contributed by atoms with van der Waals surface area (Å²) in [5, 5.41) is 0. The fourth-order valence-corrected chi connectivity index (χ4v) is 1.71. The molecule has 0 saturated carbocycles. The smallest absolute Gasteiger partial charge is 0.126 e. The predicted molar refractivity (Wildman–Crippen MR) is 49.3 cm³/mol. The minimum absolute atomic E-state index is 0.169. The second-order valence-corrected chi connectivity index (χ2v) is 3.81. The molecule has 0 fully saturated rings. The quantitative estimate of drug-likeness (QED) is 0.745. The van der Waals surface area contributed by atoms with Gasteiger partial charge in [0.25, 0.3) is 0 Å². The Labute approximate surface area is 79.2 Å². The molecule has 0 aliphatic carbocycles. The molecule has 0 bridgehead atoms. The standard InChI is InChI=1S/C9H11FO2S/c1-2-12-7-13(11)9-5-3-8(10)4-6-9/h3-6H,2,7H2,1H3. The zero-order valence-electron chi connectivity index (χ0n) is 7.33. The van der Waals surface area contributed by atoms with E-state index < -0.39 is 10.8 Å². The van der Waals surface area contributed by atoms with Crippen molar-refractivity contribution < 1.29 is 13.3 Å². The average Bonchev–Trinajstić information content (AvgIpc) is 2.15. The van der Waals surface area contributed by atoms with Crippen LogP contribution in [0.4, 0.5) is 4.39 Å². The minimum Gasteiger partial charge on any atom is -0.368 e. The van der Waals surface area contributed by atoms with Crippen LogP contribution in [-0.2, 0) is 15.5 Å². The first-order valence-corrected chi connectivity index (χ1v) is 5.27. The van der Waals surface area contributed by atoms with Crippen LogP contribution in [0.15, 0.2) is 29.2 Å². The molecule has 0 amide bonds. The lowest BCUT2D eigenvalue weighted by Gasteiger charge is -2.01. The van der Waals surface area contributed by atoms with Gasteiger partial charge in [0.2, 0.25) is 0 Å². The van der Waals surface area contributed by atoms with Crippen LogP contribution < -0.4 is 0 Å². The molecule has 0 radical (unpaired) electrons. The number of halogens is 1. The highest BCUT2D eigenvalue weighted by Gasteiger charge is 2.02. The van der Waals surface area contributed by atoms with E-state index in [1.807, 2.05) is 6.92 Å². The Morgan fingerprint density at radius 1 is 1.38 bits per heavy atom. The van der Waals surface area contributed by atoms with E-state index in [2.05, 4.69) is 0 Å². The molecule has 13 heavy (non-hydrogen) atoms. The van der Waals surface area contributed by atoms with Gasteiger partial charge >= 0.3 is 0 Å². The minimum atomic E-state index is -1.18. The molecule has 4 heteroatoms. The van der Waals surface area contributed by atoms with Gasteiger partial charge in [-0.1, -0.05) is 0 Å². The molecular formula is C9H11FO2S. The number of hydrogen-bond acceptors (Lipinski definition) is 2. The molecule has 0 aliphatic rings. The summed E-state index contributed by atoms with van der Waals surface area (Å²) in [6.45, 7) is 2.37. The van der Waals surface area contributed by atoms with Gasteiger partial charge in [-0.05, 0) is 31.2 Å². The van der Waals surface area contributed by atoms with E-state index in [9.17, 15) is 8.60 Å². The Bertz CT molecular complexity index is 284. The van der Waals surface area contributed by atoms with Crippen molar-refractivity contribution in [3.05, 3.63) is 30.1 Å². The van der Waals surface area contributed by atoms with Gasteiger partial charge in [-0.15, -0.1) is 0 Å². The van der Waals surface area contributed by atoms with Crippen molar-refractivity contribution in [2.24, 2.45) is 0 Å². The summed E-state index contributed by atoms with van der Waals surface area (Å²) in [5.41, 5.74) is 0. The average molecular weight is 202 g/mol. The molecule has 0 heterocycles. The molecule has 2 nitrogen and oxygen atoms in total. The Balaban J connectivity index is 2.61. The van der Waals surface area contributed by atoms with Crippen molar-refractivity contribution in [1.29, 1.82) is 0 Å². The van der Waals surface area contributed by atoms with Crippen LogP contribution in [0.2, 0.25) is 0 Å². The van der Waals surface area contributed by atoms with Crippen molar-refractivity contribution >= 4 is 10.8 Å². The zero-order valence-corrected chi connectivity index (χ0v) is 8.14. The molecule has 1 rings (SSSR count). The fourth-order valence-electron chi connectivity index (χ4n) is 0.813. The molecule has 0 aliphatic heterocycles. The van der Waals surface area contributed by atoms with Gasteiger partial charge in [0, 0.05) is 11.5 Å². The molecule has 1 atom stereocenters. The summed E-state index contributed by atoms with van der Waals surface area (Å²) in [7, 11) is -1.18. The van der Waals surface area contributed by atoms with Gasteiger partial charge in [0.1, 0.15) is 11.8 Å². The monoisotopic (exact) mass is 202 g/mol. The molecule has 1 aromatic carbocycles. The molecular weight excluding hydrogens is 191 g/mol. The van der Waals surface area contributed by atoms with E-state index in [1.54, 1.807) is 0 Å². The van der Waals surface area contributed by atoms with Gasteiger partial charge in [-0.3, -0.25) is 4.21 Å². The van der Waals surface area contributed by atoms with Crippen molar-refractivity contribution in [2.45, 2.75) is 11.8 Å². The summed E-state index contributed by atoms with van der Waals surface area (Å²) in [6, 6.07) is 5.59. The maximum Gasteiger partial charge on any atom is 0.126 e. The lowest BCUT2D eigenvalue weighted by Crippen LogP contribution is -2.02.